The summed E-state index contributed by atoms with van der Waals surface area (Å²) < 4.78 is 5.49. The maximum absolute atomic E-state index is 13.5. The second-order valence-electron chi connectivity index (χ2n) is 8.02. The third-order valence-corrected chi connectivity index (χ3v) is 6.33. The van der Waals surface area contributed by atoms with Crippen LogP contribution in [0.1, 0.15) is 39.2 Å². The van der Waals surface area contributed by atoms with E-state index in [1.54, 1.807) is 36.4 Å². The molecule has 9 nitrogen and oxygen atoms in total. The summed E-state index contributed by atoms with van der Waals surface area (Å²) >= 11 is 5.97. The Labute approximate surface area is 204 Å². The number of benzene rings is 3. The van der Waals surface area contributed by atoms with Crippen molar-refractivity contribution >= 4 is 40.7 Å². The minimum Gasteiger partial charge on any atom is -0.494 e. The molecule has 0 spiro atoms. The molecule has 35 heavy (non-hydrogen) atoms. The number of nitro groups is 1. The van der Waals surface area contributed by atoms with E-state index in [1.165, 1.54) is 29.2 Å². The first-order chi connectivity index (χ1) is 16.8. The third kappa shape index (κ3) is 3.52. The van der Waals surface area contributed by atoms with Crippen molar-refractivity contribution in [2.75, 3.05) is 11.5 Å². The van der Waals surface area contributed by atoms with E-state index >= 15 is 0 Å². The van der Waals surface area contributed by atoms with E-state index < -0.39 is 34.7 Å². The average Bonchev–Trinajstić information content (AvgIpc) is 3.09. The topological polar surface area (TPSA) is 110 Å². The molecule has 3 aromatic rings. The normalized spacial score (nSPS) is 19.0. The van der Waals surface area contributed by atoms with Crippen LogP contribution in [-0.4, -0.2) is 40.2 Å². The number of carbonyl (C=O) groups is 3. The number of ether oxygens (including phenoxy) is 1. The fraction of sp³-hybridized carbons (Fsp3) is 0.160. The van der Waals surface area contributed by atoms with Crippen LogP contribution in [0.4, 0.5) is 11.4 Å². The minimum atomic E-state index is -1.17. The zero-order valence-corrected chi connectivity index (χ0v) is 19.1. The molecule has 0 N–H and O–H groups in total. The van der Waals surface area contributed by atoms with Gasteiger partial charge in [0.2, 0.25) is 0 Å². The smallest absolute Gasteiger partial charge is 0.294 e. The van der Waals surface area contributed by atoms with Crippen molar-refractivity contribution in [1.82, 2.24) is 4.90 Å². The lowest BCUT2D eigenvalue weighted by Gasteiger charge is -2.49. The highest BCUT2D eigenvalue weighted by atomic mass is 35.5. The highest BCUT2D eigenvalue weighted by Crippen LogP contribution is 2.47. The van der Waals surface area contributed by atoms with Gasteiger partial charge in [0.25, 0.3) is 23.4 Å². The molecule has 2 aliphatic rings. The van der Waals surface area contributed by atoms with Crippen molar-refractivity contribution < 1.29 is 24.0 Å². The summed E-state index contributed by atoms with van der Waals surface area (Å²) in [6.07, 6.45) is 0. The molecular weight excluding hydrogens is 474 g/mol. The predicted molar refractivity (Wildman–Crippen MR) is 127 cm³/mol. The van der Waals surface area contributed by atoms with Crippen LogP contribution in [0, 0.1) is 10.1 Å². The quantitative estimate of drug-likeness (QED) is 0.219. The molecule has 3 aromatic carbocycles. The van der Waals surface area contributed by atoms with Crippen LogP contribution in [0.5, 0.6) is 5.75 Å². The molecule has 0 bridgehead atoms. The number of hydrogen-bond donors (Lipinski definition) is 0. The number of anilines is 1. The molecule has 5 rings (SSSR count). The largest absolute Gasteiger partial charge is 0.494 e. The van der Waals surface area contributed by atoms with Crippen LogP contribution in [-0.2, 0) is 4.79 Å². The molecule has 2 atom stereocenters. The number of rotatable bonds is 6. The SMILES string of the molecule is CCOc1ccc(C2C(N3C(=O)c4ccccc4C3=O)C(=O)N2c2ccc(Cl)cc2[N+](=O)[O-])cc1. The third-order valence-electron chi connectivity index (χ3n) is 6.10. The van der Waals surface area contributed by atoms with Gasteiger partial charge in [-0.3, -0.25) is 34.3 Å². The number of β-lactam (4-membered cyclic amide) rings is 1. The molecule has 1 fully saturated rings. The Hall–Kier alpha value is -4.24. The van der Waals surface area contributed by atoms with Gasteiger partial charge in [-0.25, -0.2) is 0 Å². The number of imide groups is 1. The van der Waals surface area contributed by atoms with Gasteiger partial charge in [0, 0.05) is 11.1 Å². The van der Waals surface area contributed by atoms with Crippen LogP contribution in [0.25, 0.3) is 0 Å². The summed E-state index contributed by atoms with van der Waals surface area (Å²) in [6, 6.07) is 15.2. The number of fused-ring (bicyclic) bond motifs is 1. The maximum Gasteiger partial charge on any atom is 0.294 e. The van der Waals surface area contributed by atoms with Crippen molar-refractivity contribution in [3.05, 3.63) is 98.6 Å². The number of nitro benzene ring substituents is 1. The van der Waals surface area contributed by atoms with Gasteiger partial charge in [-0.15, -0.1) is 0 Å². The van der Waals surface area contributed by atoms with Crippen molar-refractivity contribution in [3.8, 4) is 5.75 Å². The first-order valence-electron chi connectivity index (χ1n) is 10.8. The first-order valence-corrected chi connectivity index (χ1v) is 11.2. The predicted octanol–water partition coefficient (Wildman–Crippen LogP) is 4.40. The molecule has 2 aliphatic heterocycles. The maximum atomic E-state index is 13.5. The van der Waals surface area contributed by atoms with Gasteiger partial charge in [0.05, 0.1) is 28.7 Å². The van der Waals surface area contributed by atoms with E-state index in [0.29, 0.717) is 17.9 Å². The Morgan fingerprint density at radius 3 is 2.11 bits per heavy atom. The fourth-order valence-electron chi connectivity index (χ4n) is 4.56. The molecule has 10 heteroatoms. The van der Waals surface area contributed by atoms with Gasteiger partial charge in [-0.1, -0.05) is 35.9 Å². The van der Waals surface area contributed by atoms with Crippen LogP contribution >= 0.6 is 11.6 Å². The molecule has 2 unspecified atom stereocenters. The van der Waals surface area contributed by atoms with E-state index in [0.717, 1.165) is 11.0 Å². The number of halogens is 1. The Balaban J connectivity index is 1.61. The van der Waals surface area contributed by atoms with Crippen LogP contribution in [0.15, 0.2) is 66.7 Å². The zero-order valence-electron chi connectivity index (χ0n) is 18.4. The summed E-state index contributed by atoms with van der Waals surface area (Å²) in [7, 11) is 0. The van der Waals surface area contributed by atoms with Crippen molar-refractivity contribution in [3.63, 3.8) is 0 Å². The van der Waals surface area contributed by atoms with E-state index in [-0.39, 0.29) is 27.5 Å². The Kier molecular flexibility index (Phi) is 5.49. The van der Waals surface area contributed by atoms with Crippen LogP contribution in [0.2, 0.25) is 5.02 Å². The lowest BCUT2D eigenvalue weighted by molar-refractivity contribution is -0.384. The van der Waals surface area contributed by atoms with Gasteiger partial charge in [-0.05, 0) is 48.9 Å². The summed E-state index contributed by atoms with van der Waals surface area (Å²) in [5.74, 6) is -1.16. The first kappa shape index (κ1) is 22.5. The van der Waals surface area contributed by atoms with Gasteiger partial charge >= 0.3 is 0 Å². The fourth-order valence-corrected chi connectivity index (χ4v) is 4.73. The molecule has 0 saturated carbocycles. The van der Waals surface area contributed by atoms with Gasteiger partial charge < -0.3 is 4.74 Å². The van der Waals surface area contributed by atoms with Gasteiger partial charge in [-0.2, -0.15) is 0 Å². The Bertz CT molecular complexity index is 1360. The molecule has 1 saturated heterocycles. The highest BCUT2D eigenvalue weighted by molar-refractivity contribution is 6.31. The lowest BCUT2D eigenvalue weighted by Crippen LogP contribution is -2.67. The molecule has 0 aliphatic carbocycles. The van der Waals surface area contributed by atoms with E-state index in [9.17, 15) is 24.5 Å². The minimum absolute atomic E-state index is 0.0242. The number of nitrogens with zero attached hydrogens (tertiary/aromatic N) is 3. The molecule has 0 aromatic heterocycles. The molecule has 0 radical (unpaired) electrons. The van der Waals surface area contributed by atoms with Gasteiger partial charge in [0.15, 0.2) is 0 Å². The van der Waals surface area contributed by atoms with Gasteiger partial charge in [0.1, 0.15) is 17.5 Å². The van der Waals surface area contributed by atoms with Crippen molar-refractivity contribution in [2.24, 2.45) is 0 Å². The summed E-state index contributed by atoms with van der Waals surface area (Å²) in [5.41, 5.74) is 0.677. The van der Waals surface area contributed by atoms with E-state index in [1.807, 2.05) is 6.92 Å². The zero-order chi connectivity index (χ0) is 24.9. The van der Waals surface area contributed by atoms with Crippen molar-refractivity contribution in [2.45, 2.75) is 19.0 Å². The van der Waals surface area contributed by atoms with E-state index in [2.05, 4.69) is 0 Å². The summed E-state index contributed by atoms with van der Waals surface area (Å²) in [6.45, 7) is 2.31. The standard InChI is InChI=1S/C25H18ClN3O6/c1-2-35-16-10-7-14(8-11-16)21-22(28-23(30)17-5-3-4-6-18(17)24(28)31)25(32)27(21)19-12-9-15(26)13-20(19)29(33)34/h3-13,21-22H,2H2,1H3. The molecule has 3 amide bonds. The van der Waals surface area contributed by atoms with Crippen molar-refractivity contribution in [1.29, 1.82) is 0 Å². The summed E-state index contributed by atoms with van der Waals surface area (Å²) in [4.78, 5) is 53.1. The summed E-state index contributed by atoms with van der Waals surface area (Å²) in [5, 5.41) is 11.9. The number of amides is 3. The van der Waals surface area contributed by atoms with E-state index in [4.69, 9.17) is 16.3 Å². The monoisotopic (exact) mass is 491 g/mol. The second kappa shape index (κ2) is 8.52. The number of hydrogen-bond acceptors (Lipinski definition) is 6. The van der Waals surface area contributed by atoms with Crippen LogP contribution < -0.4 is 9.64 Å². The highest BCUT2D eigenvalue weighted by Gasteiger charge is 2.58. The lowest BCUT2D eigenvalue weighted by atomic mass is 9.86. The average molecular weight is 492 g/mol. The number of carbonyl (C=O) groups excluding carboxylic acids is 3. The molecule has 2 heterocycles. The second-order valence-corrected chi connectivity index (χ2v) is 8.45. The Morgan fingerprint density at radius 2 is 1.54 bits per heavy atom. The Morgan fingerprint density at radius 1 is 0.914 bits per heavy atom. The molecular formula is C25H18ClN3O6. The van der Waals surface area contributed by atoms with Crippen LogP contribution in [0.3, 0.4) is 0 Å². The molecule has 176 valence electrons.